The highest BCUT2D eigenvalue weighted by molar-refractivity contribution is 5.78. The van der Waals surface area contributed by atoms with Crippen LogP contribution >= 0.6 is 0 Å². The molecule has 0 radical (unpaired) electrons. The van der Waals surface area contributed by atoms with E-state index in [1.54, 1.807) is 4.90 Å². The molecule has 6 nitrogen and oxygen atoms in total. The van der Waals surface area contributed by atoms with Crippen LogP contribution in [0.2, 0.25) is 0 Å². The zero-order valence-electron chi connectivity index (χ0n) is 7.25. The van der Waals surface area contributed by atoms with Gasteiger partial charge in [0, 0.05) is 13.1 Å². The maximum absolute atomic E-state index is 11.3. The van der Waals surface area contributed by atoms with E-state index in [2.05, 4.69) is 5.43 Å². The van der Waals surface area contributed by atoms with E-state index < -0.39 is 6.09 Å². The molecule has 1 aliphatic rings. The van der Waals surface area contributed by atoms with Crippen LogP contribution in [0, 0.1) is 0 Å². The van der Waals surface area contributed by atoms with Gasteiger partial charge in [0.05, 0.1) is 6.54 Å². The third-order valence-corrected chi connectivity index (χ3v) is 1.89. The minimum absolute atomic E-state index is 0.0201. The number of hydrazine groups is 1. The lowest BCUT2D eigenvalue weighted by molar-refractivity contribution is -0.129. The summed E-state index contributed by atoms with van der Waals surface area (Å²) in [7, 11) is 0. The maximum Gasteiger partial charge on any atom is 0.419 e. The summed E-state index contributed by atoms with van der Waals surface area (Å²) in [6, 6.07) is 0. The summed E-state index contributed by atoms with van der Waals surface area (Å²) < 4.78 is 0. The molecule has 0 atom stereocenters. The van der Waals surface area contributed by atoms with Gasteiger partial charge in [-0.25, -0.2) is 10.2 Å². The smallest absolute Gasteiger partial charge is 0.419 e. The SMILES string of the molecule is O=C(O)NNCC(=O)N1CCCC1. The van der Waals surface area contributed by atoms with Gasteiger partial charge in [-0.1, -0.05) is 0 Å². The molecule has 0 bridgehead atoms. The fourth-order valence-electron chi connectivity index (χ4n) is 1.27. The predicted molar refractivity (Wildman–Crippen MR) is 45.0 cm³/mol. The average molecular weight is 187 g/mol. The molecular formula is C7H13N3O3. The van der Waals surface area contributed by atoms with Crippen molar-refractivity contribution in [3.8, 4) is 0 Å². The van der Waals surface area contributed by atoms with Gasteiger partial charge in [-0.2, -0.15) is 0 Å². The van der Waals surface area contributed by atoms with Gasteiger partial charge in [-0.05, 0) is 12.8 Å². The highest BCUT2D eigenvalue weighted by Gasteiger charge is 2.16. The number of hydrogen-bond acceptors (Lipinski definition) is 3. The van der Waals surface area contributed by atoms with E-state index in [0.29, 0.717) is 0 Å². The second-order valence-electron chi connectivity index (χ2n) is 2.87. The van der Waals surface area contributed by atoms with Gasteiger partial charge < -0.3 is 10.0 Å². The van der Waals surface area contributed by atoms with Crippen molar-refractivity contribution in [2.45, 2.75) is 12.8 Å². The molecule has 0 spiro atoms. The summed E-state index contributed by atoms with van der Waals surface area (Å²) in [6.45, 7) is 1.59. The van der Waals surface area contributed by atoms with Gasteiger partial charge in [-0.15, -0.1) is 0 Å². The Morgan fingerprint density at radius 3 is 2.46 bits per heavy atom. The molecule has 3 N–H and O–H groups in total. The topological polar surface area (TPSA) is 81.7 Å². The predicted octanol–water partition coefficient (Wildman–Crippen LogP) is -0.619. The van der Waals surface area contributed by atoms with Crippen LogP contribution in [0.25, 0.3) is 0 Å². The van der Waals surface area contributed by atoms with E-state index in [-0.39, 0.29) is 12.5 Å². The van der Waals surface area contributed by atoms with Gasteiger partial charge in [0.25, 0.3) is 0 Å². The van der Waals surface area contributed by atoms with Crippen LogP contribution in [0.1, 0.15) is 12.8 Å². The van der Waals surface area contributed by atoms with E-state index in [4.69, 9.17) is 5.11 Å². The van der Waals surface area contributed by atoms with Gasteiger partial charge in [-0.3, -0.25) is 10.2 Å². The standard InChI is InChI=1S/C7H13N3O3/c11-6(5-8-9-7(12)13)10-3-1-2-4-10/h8-9H,1-5H2,(H,12,13). The van der Waals surface area contributed by atoms with Crippen molar-refractivity contribution in [1.82, 2.24) is 15.8 Å². The highest BCUT2D eigenvalue weighted by Crippen LogP contribution is 2.06. The third kappa shape index (κ3) is 3.29. The van der Waals surface area contributed by atoms with Crippen LogP contribution in [-0.2, 0) is 4.79 Å². The Morgan fingerprint density at radius 2 is 1.92 bits per heavy atom. The normalized spacial score (nSPS) is 15.8. The summed E-state index contributed by atoms with van der Waals surface area (Å²) in [6.07, 6.45) is 0.894. The molecule has 1 aliphatic heterocycles. The average Bonchev–Trinajstić information content (AvgIpc) is 2.55. The summed E-state index contributed by atoms with van der Waals surface area (Å²) in [5.41, 5.74) is 4.24. The number of carbonyl (C=O) groups is 2. The number of rotatable bonds is 3. The molecule has 1 saturated heterocycles. The maximum atomic E-state index is 11.3. The fraction of sp³-hybridized carbons (Fsp3) is 0.714. The summed E-state index contributed by atoms with van der Waals surface area (Å²) in [5.74, 6) is -0.0637. The first-order chi connectivity index (χ1) is 6.20. The van der Waals surface area contributed by atoms with Crippen molar-refractivity contribution < 1.29 is 14.7 Å². The lowest BCUT2D eigenvalue weighted by Gasteiger charge is -2.14. The van der Waals surface area contributed by atoms with Gasteiger partial charge >= 0.3 is 6.09 Å². The molecule has 0 saturated carbocycles. The number of nitrogens with zero attached hydrogens (tertiary/aromatic N) is 1. The van der Waals surface area contributed by atoms with E-state index >= 15 is 0 Å². The van der Waals surface area contributed by atoms with Gasteiger partial charge in [0.2, 0.25) is 5.91 Å². The van der Waals surface area contributed by atoms with Crippen LogP contribution in [0.5, 0.6) is 0 Å². The number of carboxylic acid groups (broad SMARTS) is 1. The molecule has 0 aromatic carbocycles. The largest absolute Gasteiger partial charge is 0.464 e. The monoisotopic (exact) mass is 187 g/mol. The molecule has 0 aliphatic carbocycles. The molecule has 1 heterocycles. The number of hydrogen-bond donors (Lipinski definition) is 3. The Kier molecular flexibility index (Phi) is 3.51. The van der Waals surface area contributed by atoms with Crippen molar-refractivity contribution in [3.63, 3.8) is 0 Å². The first kappa shape index (κ1) is 9.79. The minimum Gasteiger partial charge on any atom is -0.464 e. The molecule has 0 aromatic rings. The molecule has 0 aromatic heterocycles. The second-order valence-corrected chi connectivity index (χ2v) is 2.87. The third-order valence-electron chi connectivity index (χ3n) is 1.89. The van der Waals surface area contributed by atoms with Crippen LogP contribution in [-0.4, -0.2) is 41.6 Å². The summed E-state index contributed by atoms with van der Waals surface area (Å²) in [5, 5.41) is 8.19. The molecule has 1 rings (SSSR count). The highest BCUT2D eigenvalue weighted by atomic mass is 16.4. The van der Waals surface area contributed by atoms with E-state index in [1.807, 2.05) is 5.43 Å². The van der Waals surface area contributed by atoms with Crippen LogP contribution in [0.15, 0.2) is 0 Å². The van der Waals surface area contributed by atoms with Crippen molar-refractivity contribution in [2.24, 2.45) is 0 Å². The first-order valence-electron chi connectivity index (χ1n) is 4.20. The zero-order valence-corrected chi connectivity index (χ0v) is 7.25. The van der Waals surface area contributed by atoms with Crippen molar-refractivity contribution >= 4 is 12.0 Å². The fourth-order valence-corrected chi connectivity index (χ4v) is 1.27. The first-order valence-corrected chi connectivity index (χ1v) is 4.20. The quantitative estimate of drug-likeness (QED) is 0.514. The molecule has 1 fully saturated rings. The summed E-state index contributed by atoms with van der Waals surface area (Å²) >= 11 is 0. The second kappa shape index (κ2) is 4.66. The Balaban J connectivity index is 2.13. The molecule has 6 heteroatoms. The van der Waals surface area contributed by atoms with Crippen LogP contribution in [0.3, 0.4) is 0 Å². The molecule has 2 amide bonds. The Hall–Kier alpha value is -1.30. The van der Waals surface area contributed by atoms with Crippen molar-refractivity contribution in [1.29, 1.82) is 0 Å². The van der Waals surface area contributed by atoms with E-state index in [0.717, 1.165) is 25.9 Å². The van der Waals surface area contributed by atoms with Crippen molar-refractivity contribution in [2.75, 3.05) is 19.6 Å². The minimum atomic E-state index is -1.19. The Bertz CT molecular complexity index is 201. The number of likely N-dealkylation sites (tertiary alicyclic amines) is 1. The van der Waals surface area contributed by atoms with Crippen LogP contribution in [0.4, 0.5) is 4.79 Å². The van der Waals surface area contributed by atoms with E-state index in [9.17, 15) is 9.59 Å². The lowest BCUT2D eigenvalue weighted by Crippen LogP contribution is -2.44. The molecular weight excluding hydrogens is 174 g/mol. The van der Waals surface area contributed by atoms with Gasteiger partial charge in [0.15, 0.2) is 0 Å². The Morgan fingerprint density at radius 1 is 1.31 bits per heavy atom. The zero-order chi connectivity index (χ0) is 9.68. The van der Waals surface area contributed by atoms with Gasteiger partial charge in [0.1, 0.15) is 0 Å². The number of nitrogens with one attached hydrogen (secondary N) is 2. The lowest BCUT2D eigenvalue weighted by atomic mass is 10.4. The van der Waals surface area contributed by atoms with Crippen molar-refractivity contribution in [3.05, 3.63) is 0 Å². The number of carbonyl (C=O) groups excluding carboxylic acids is 1. The molecule has 74 valence electrons. The molecule has 0 unspecified atom stereocenters. The van der Waals surface area contributed by atoms with Crippen LogP contribution < -0.4 is 10.9 Å². The Labute approximate surface area is 75.9 Å². The number of amides is 2. The molecule has 13 heavy (non-hydrogen) atoms. The van der Waals surface area contributed by atoms with E-state index in [1.165, 1.54) is 0 Å². The summed E-state index contributed by atoms with van der Waals surface area (Å²) in [4.78, 5) is 23.0.